The van der Waals surface area contributed by atoms with Crippen molar-refractivity contribution in [1.82, 2.24) is 0 Å². The monoisotopic (exact) mass is 367 g/mol. The summed E-state index contributed by atoms with van der Waals surface area (Å²) >= 11 is 1.53. The molecule has 0 heterocycles. The predicted octanol–water partition coefficient (Wildman–Crippen LogP) is 4.74. The van der Waals surface area contributed by atoms with Gasteiger partial charge in [0.25, 0.3) is 0 Å². The first-order valence-corrected chi connectivity index (χ1v) is 7.04. The summed E-state index contributed by atoms with van der Waals surface area (Å²) in [5.74, 6) is 0. The van der Waals surface area contributed by atoms with E-state index in [1.165, 1.54) is 47.0 Å². The zero-order valence-electron chi connectivity index (χ0n) is 10.6. The van der Waals surface area contributed by atoms with Gasteiger partial charge in [0.2, 0.25) is 0 Å². The number of rotatable bonds is 1. The van der Waals surface area contributed by atoms with Crippen molar-refractivity contribution in [2.24, 2.45) is 0 Å². The molecule has 0 fully saturated rings. The van der Waals surface area contributed by atoms with Crippen molar-refractivity contribution < 1.29 is 24.7 Å². The van der Waals surface area contributed by atoms with Crippen LogP contribution >= 0.6 is 24.8 Å². The van der Waals surface area contributed by atoms with E-state index in [4.69, 9.17) is 0 Å². The summed E-state index contributed by atoms with van der Waals surface area (Å²) in [6.45, 7) is 2.22. The van der Waals surface area contributed by atoms with Crippen LogP contribution in [-0.2, 0) is 27.8 Å². The molecular weight excluding hydrogens is 354 g/mol. The molecule has 97 valence electrons. The topological polar surface area (TPSA) is 0 Å². The zero-order chi connectivity index (χ0) is 11.9. The second-order valence-corrected chi connectivity index (χ2v) is 6.49. The van der Waals surface area contributed by atoms with Gasteiger partial charge in [0, 0.05) is 0 Å². The fourth-order valence-corrected chi connectivity index (χ4v) is 4.07. The van der Waals surface area contributed by atoms with E-state index in [1.54, 1.807) is 0 Å². The number of benzene rings is 2. The van der Waals surface area contributed by atoms with Crippen LogP contribution in [0.25, 0.3) is 5.57 Å². The van der Waals surface area contributed by atoms with Gasteiger partial charge in [-0.2, -0.15) is 0 Å². The Morgan fingerprint density at radius 1 is 0.842 bits per heavy atom. The van der Waals surface area contributed by atoms with Crippen molar-refractivity contribution in [1.29, 1.82) is 0 Å². The smallest absolute Gasteiger partial charge is 0.147 e. The first-order chi connectivity index (χ1) is 8.22. The van der Waals surface area contributed by atoms with Crippen LogP contribution in [0.3, 0.4) is 0 Å². The van der Waals surface area contributed by atoms with Gasteiger partial charge in [-0.1, -0.05) is 0 Å². The van der Waals surface area contributed by atoms with E-state index >= 15 is 0 Å². The van der Waals surface area contributed by atoms with E-state index < -0.39 is 0 Å². The number of hydrogen-bond donors (Lipinski definition) is 0. The molecule has 1 aliphatic carbocycles. The summed E-state index contributed by atoms with van der Waals surface area (Å²) in [6.07, 6.45) is 2.42. The van der Waals surface area contributed by atoms with Gasteiger partial charge in [-0.05, 0) is 0 Å². The Kier molecular flexibility index (Phi) is 5.62. The van der Waals surface area contributed by atoms with Crippen molar-refractivity contribution in [2.45, 2.75) is 10.0 Å². The summed E-state index contributed by atoms with van der Waals surface area (Å²) in [6, 6.07) is 19.6. The molecule has 19 heavy (non-hydrogen) atoms. The molecule has 0 aliphatic heterocycles. The standard InChI is InChI=1S/C16H13.2ClH.Zr/c1-12-11-16(13-7-3-2-4-8-13)15-10-6-5-9-14(12)15;;;/h2-11H,1H3;2*1H;. The minimum absolute atomic E-state index is 0. The Morgan fingerprint density at radius 3 is 2.11 bits per heavy atom. The van der Waals surface area contributed by atoms with Crippen molar-refractivity contribution in [2.75, 3.05) is 0 Å². The van der Waals surface area contributed by atoms with Gasteiger partial charge in [-0.3, -0.25) is 0 Å². The molecule has 0 N–H and O–H groups in total. The second kappa shape index (κ2) is 6.40. The quantitative estimate of drug-likeness (QED) is 0.681. The maximum absolute atomic E-state index is 2.42. The maximum atomic E-state index is 2.42. The van der Waals surface area contributed by atoms with Gasteiger partial charge in [-0.15, -0.1) is 24.8 Å². The summed E-state index contributed by atoms with van der Waals surface area (Å²) < 4.78 is 0.120. The summed E-state index contributed by atoms with van der Waals surface area (Å²) in [5, 5.41) is 0. The van der Waals surface area contributed by atoms with E-state index in [0.29, 0.717) is 0 Å². The minimum Gasteiger partial charge on any atom is -0.147 e. The molecule has 0 saturated heterocycles. The van der Waals surface area contributed by atoms with Crippen LogP contribution in [0.15, 0.2) is 60.7 Å². The molecule has 0 amide bonds. The molecule has 0 aromatic heterocycles. The van der Waals surface area contributed by atoms with E-state index in [9.17, 15) is 0 Å². The molecule has 0 bridgehead atoms. The number of hydrogen-bond acceptors (Lipinski definition) is 0. The molecule has 0 nitrogen and oxygen atoms in total. The molecule has 3 heteroatoms. The van der Waals surface area contributed by atoms with Crippen LogP contribution in [-0.4, -0.2) is 0 Å². The number of halogens is 2. The molecule has 1 atom stereocenters. The zero-order valence-corrected chi connectivity index (χ0v) is 14.7. The summed E-state index contributed by atoms with van der Waals surface area (Å²) in [7, 11) is 0. The maximum Gasteiger partial charge on any atom is -0.147 e. The van der Waals surface area contributed by atoms with Crippen molar-refractivity contribution in [3.63, 3.8) is 0 Å². The van der Waals surface area contributed by atoms with Crippen molar-refractivity contribution in [3.05, 3.63) is 77.4 Å². The van der Waals surface area contributed by atoms with Gasteiger partial charge >= 0.3 is 118 Å². The Hall–Kier alpha value is -0.357. The summed E-state index contributed by atoms with van der Waals surface area (Å²) in [5.41, 5.74) is 5.68. The molecule has 1 aliphatic rings. The molecule has 0 spiro atoms. The SMILES string of the molecule is CC1=C[C]([Zr])(c2ccccc2)c2ccccc21.Cl.Cl. The minimum atomic E-state index is 0. The molecular formula is C16H15Cl2Zr. The van der Waals surface area contributed by atoms with Crippen molar-refractivity contribution >= 4 is 30.4 Å². The van der Waals surface area contributed by atoms with E-state index in [1.807, 2.05) is 0 Å². The fourth-order valence-electron chi connectivity index (χ4n) is 2.59. The summed E-state index contributed by atoms with van der Waals surface area (Å²) in [4.78, 5) is 0. The van der Waals surface area contributed by atoms with Gasteiger partial charge in [0.05, 0.1) is 0 Å². The van der Waals surface area contributed by atoms with Crippen LogP contribution in [0.5, 0.6) is 0 Å². The Labute approximate surface area is 142 Å². The Morgan fingerprint density at radius 2 is 1.42 bits per heavy atom. The molecule has 2 aromatic carbocycles. The molecule has 0 saturated carbocycles. The largest absolute Gasteiger partial charge is 0.147 e. The third-order valence-corrected chi connectivity index (χ3v) is 5.17. The third kappa shape index (κ3) is 2.75. The molecule has 0 radical (unpaired) electrons. The predicted molar refractivity (Wildman–Crippen MR) is 81.8 cm³/mol. The number of fused-ring (bicyclic) bond motifs is 1. The van der Waals surface area contributed by atoms with Gasteiger partial charge < -0.3 is 0 Å². The van der Waals surface area contributed by atoms with Crippen LogP contribution in [0.2, 0.25) is 0 Å². The van der Waals surface area contributed by atoms with Crippen LogP contribution in [0.1, 0.15) is 23.6 Å². The Bertz CT molecular complexity index is 593. The van der Waals surface area contributed by atoms with E-state index in [2.05, 4.69) is 67.6 Å². The van der Waals surface area contributed by atoms with Gasteiger partial charge in [0.15, 0.2) is 0 Å². The first-order valence-electron chi connectivity index (χ1n) is 5.82. The Balaban J connectivity index is 0.000000902. The fraction of sp³-hybridized carbons (Fsp3) is 0.125. The first kappa shape index (κ1) is 16.7. The van der Waals surface area contributed by atoms with E-state index in [0.717, 1.165) is 0 Å². The molecule has 2 aromatic rings. The average Bonchev–Trinajstić information content (AvgIpc) is 2.65. The van der Waals surface area contributed by atoms with E-state index in [-0.39, 0.29) is 27.9 Å². The van der Waals surface area contributed by atoms with Crippen LogP contribution in [0, 0.1) is 0 Å². The van der Waals surface area contributed by atoms with Crippen LogP contribution in [0.4, 0.5) is 0 Å². The molecule has 3 rings (SSSR count). The van der Waals surface area contributed by atoms with Gasteiger partial charge in [0.1, 0.15) is 0 Å². The third-order valence-electron chi connectivity index (χ3n) is 3.44. The molecule has 1 unspecified atom stereocenters. The van der Waals surface area contributed by atoms with Crippen molar-refractivity contribution in [3.8, 4) is 0 Å². The van der Waals surface area contributed by atoms with Crippen LogP contribution < -0.4 is 0 Å². The number of allylic oxidation sites excluding steroid dienone is 2. The second-order valence-electron chi connectivity index (χ2n) is 4.55. The normalized spacial score (nSPS) is 19.7. The average molecular weight is 369 g/mol. The van der Waals surface area contributed by atoms with Gasteiger partial charge in [-0.25, -0.2) is 0 Å².